The van der Waals surface area contributed by atoms with E-state index >= 15 is 0 Å². The molecule has 0 saturated carbocycles. The minimum atomic E-state index is -4.94. The average molecular weight is 337 g/mol. The van der Waals surface area contributed by atoms with E-state index in [4.69, 9.17) is 5.73 Å². The predicted molar refractivity (Wildman–Crippen MR) is 82.3 cm³/mol. The van der Waals surface area contributed by atoms with Gasteiger partial charge in [0.2, 0.25) is 5.95 Å². The molecule has 1 aliphatic rings. The molecule has 1 aromatic heterocycles. The van der Waals surface area contributed by atoms with E-state index in [1.807, 2.05) is 0 Å². The van der Waals surface area contributed by atoms with Crippen LogP contribution in [0.4, 0.5) is 24.9 Å². The van der Waals surface area contributed by atoms with Gasteiger partial charge in [-0.25, -0.2) is 9.99 Å². The highest BCUT2D eigenvalue weighted by molar-refractivity contribution is 6.03. The Bertz CT molecular complexity index is 773. The summed E-state index contributed by atoms with van der Waals surface area (Å²) in [5.74, 6) is -0.413. The number of nitrogens with two attached hydrogens (primary N) is 1. The summed E-state index contributed by atoms with van der Waals surface area (Å²) in [4.78, 5) is 7.60. The minimum absolute atomic E-state index is 0.102. The van der Waals surface area contributed by atoms with Gasteiger partial charge in [0.25, 0.3) is 5.72 Å². The highest BCUT2D eigenvalue weighted by Crippen LogP contribution is 2.43. The topological polar surface area (TPSA) is 87.6 Å². The van der Waals surface area contributed by atoms with Crippen molar-refractivity contribution in [3.05, 3.63) is 47.7 Å². The zero-order chi connectivity index (χ0) is 17.5. The lowest BCUT2D eigenvalue weighted by molar-refractivity contribution is -0.254. The third-order valence-electron chi connectivity index (χ3n) is 3.62. The maximum atomic E-state index is 13.5. The largest absolute Gasteiger partial charge is 0.438 e. The van der Waals surface area contributed by atoms with Gasteiger partial charge in [0.15, 0.2) is 5.82 Å². The van der Waals surface area contributed by atoms with E-state index in [1.165, 1.54) is 6.07 Å². The van der Waals surface area contributed by atoms with E-state index < -0.39 is 18.3 Å². The second kappa shape index (κ2) is 5.45. The number of benzene rings is 1. The average Bonchev–Trinajstić information content (AvgIpc) is 2.86. The molecule has 9 heteroatoms. The second-order valence-electron chi connectivity index (χ2n) is 5.44. The van der Waals surface area contributed by atoms with E-state index in [9.17, 15) is 18.3 Å². The molecular formula is C15H14F3N5O. The van der Waals surface area contributed by atoms with Crippen LogP contribution in [0.15, 0.2) is 41.5 Å². The number of rotatable bonds is 2. The van der Waals surface area contributed by atoms with Crippen LogP contribution >= 0.6 is 0 Å². The number of nitrogen functional groups attached to an aromatic ring is 1. The van der Waals surface area contributed by atoms with Crippen molar-refractivity contribution in [2.75, 3.05) is 10.7 Å². The second-order valence-corrected chi connectivity index (χ2v) is 5.44. The van der Waals surface area contributed by atoms with Gasteiger partial charge in [-0.1, -0.05) is 30.3 Å². The number of aryl methyl sites for hydroxylation is 1. The Kier molecular flexibility index (Phi) is 3.67. The zero-order valence-corrected chi connectivity index (χ0v) is 12.6. The molecule has 0 aliphatic carbocycles. The summed E-state index contributed by atoms with van der Waals surface area (Å²) in [5.41, 5.74) is 3.26. The van der Waals surface area contributed by atoms with Crippen LogP contribution in [0.1, 0.15) is 17.7 Å². The van der Waals surface area contributed by atoms with Crippen LogP contribution in [-0.4, -0.2) is 32.7 Å². The number of hydrogen-bond donors (Lipinski definition) is 2. The lowest BCUT2D eigenvalue weighted by Gasteiger charge is -2.33. The molecule has 2 heterocycles. The van der Waals surface area contributed by atoms with Crippen molar-refractivity contribution in [1.29, 1.82) is 0 Å². The summed E-state index contributed by atoms with van der Waals surface area (Å²) in [6, 6.07) is 9.63. The summed E-state index contributed by atoms with van der Waals surface area (Å²) < 4.78 is 40.6. The summed E-state index contributed by atoms with van der Waals surface area (Å²) in [5, 5.41) is 14.8. The van der Waals surface area contributed by atoms with Crippen molar-refractivity contribution in [3.8, 4) is 0 Å². The van der Waals surface area contributed by atoms with E-state index in [0.29, 0.717) is 16.3 Å². The molecule has 0 bridgehead atoms. The molecule has 0 radical (unpaired) electrons. The molecule has 0 amide bonds. The molecule has 0 fully saturated rings. The summed E-state index contributed by atoms with van der Waals surface area (Å²) in [6.07, 6.45) is -5.66. The number of halogens is 3. The van der Waals surface area contributed by atoms with E-state index in [0.717, 1.165) is 0 Å². The van der Waals surface area contributed by atoms with Gasteiger partial charge in [0.1, 0.15) is 0 Å². The molecule has 0 saturated heterocycles. The first-order chi connectivity index (χ1) is 11.2. The van der Waals surface area contributed by atoms with E-state index in [1.54, 1.807) is 37.3 Å². The zero-order valence-electron chi connectivity index (χ0n) is 12.6. The normalized spacial score (nSPS) is 21.0. The third kappa shape index (κ3) is 2.67. The fourth-order valence-corrected chi connectivity index (χ4v) is 2.48. The monoisotopic (exact) mass is 337 g/mol. The summed E-state index contributed by atoms with van der Waals surface area (Å²) in [7, 11) is 0. The van der Waals surface area contributed by atoms with Crippen molar-refractivity contribution in [2.24, 2.45) is 5.10 Å². The lowest BCUT2D eigenvalue weighted by atomic mass is 10.0. The van der Waals surface area contributed by atoms with Crippen molar-refractivity contribution in [1.82, 2.24) is 9.97 Å². The van der Waals surface area contributed by atoms with Crippen molar-refractivity contribution < 1.29 is 18.3 Å². The first kappa shape index (κ1) is 16.2. The van der Waals surface area contributed by atoms with Crippen LogP contribution < -0.4 is 10.7 Å². The number of alkyl halides is 3. The molecule has 2 aromatic rings. The molecule has 1 atom stereocenters. The van der Waals surface area contributed by atoms with Crippen LogP contribution in [0, 0.1) is 6.92 Å². The number of nitrogens with zero attached hydrogens (tertiary/aromatic N) is 4. The van der Waals surface area contributed by atoms with Crippen molar-refractivity contribution in [3.63, 3.8) is 0 Å². The molecule has 3 N–H and O–H groups in total. The first-order valence-corrected chi connectivity index (χ1v) is 7.04. The Morgan fingerprint density at radius 1 is 1.21 bits per heavy atom. The Labute approximate surface area is 135 Å². The van der Waals surface area contributed by atoms with Gasteiger partial charge in [-0.3, -0.25) is 0 Å². The van der Waals surface area contributed by atoms with Crippen LogP contribution in [0.2, 0.25) is 0 Å². The highest BCUT2D eigenvalue weighted by Gasteiger charge is 2.62. The number of aromatic nitrogens is 2. The standard InChI is InChI=1S/C15H14F3N5O/c1-9-7-12(21-13(19)20-9)23-14(24,15(16,17)18)8-11(22-23)10-5-3-2-4-6-10/h2-7,24H,8H2,1H3,(H2,19,20,21)/t14-/m0/s1. The van der Waals surface area contributed by atoms with Crippen LogP contribution in [0.5, 0.6) is 0 Å². The van der Waals surface area contributed by atoms with Crippen molar-refractivity contribution >= 4 is 17.5 Å². The van der Waals surface area contributed by atoms with Crippen LogP contribution in [0.25, 0.3) is 0 Å². The summed E-state index contributed by atoms with van der Waals surface area (Å²) >= 11 is 0. The molecule has 0 spiro atoms. The Morgan fingerprint density at radius 2 is 1.88 bits per heavy atom. The predicted octanol–water partition coefficient (Wildman–Crippen LogP) is 2.23. The molecule has 6 nitrogen and oxygen atoms in total. The number of anilines is 2. The lowest BCUT2D eigenvalue weighted by Crippen LogP contribution is -2.55. The number of hydrogen-bond acceptors (Lipinski definition) is 6. The minimum Gasteiger partial charge on any atom is -0.368 e. The number of hydrazone groups is 1. The third-order valence-corrected chi connectivity index (χ3v) is 3.62. The highest BCUT2D eigenvalue weighted by atomic mass is 19.4. The fourth-order valence-electron chi connectivity index (χ4n) is 2.48. The van der Waals surface area contributed by atoms with E-state index in [2.05, 4.69) is 15.1 Å². The molecule has 1 aliphatic heterocycles. The Hall–Kier alpha value is -2.68. The van der Waals surface area contributed by atoms with Crippen molar-refractivity contribution in [2.45, 2.75) is 25.2 Å². The fraction of sp³-hybridized carbons (Fsp3) is 0.267. The van der Waals surface area contributed by atoms with Gasteiger partial charge >= 0.3 is 6.18 Å². The Morgan fingerprint density at radius 3 is 2.46 bits per heavy atom. The molecule has 126 valence electrons. The van der Waals surface area contributed by atoms with Gasteiger partial charge < -0.3 is 10.8 Å². The molecular weight excluding hydrogens is 323 g/mol. The van der Waals surface area contributed by atoms with Gasteiger partial charge in [0.05, 0.1) is 12.1 Å². The van der Waals surface area contributed by atoms with Crippen LogP contribution in [0.3, 0.4) is 0 Å². The molecule has 0 unspecified atom stereocenters. The smallest absolute Gasteiger partial charge is 0.368 e. The summed E-state index contributed by atoms with van der Waals surface area (Å²) in [6.45, 7) is 1.56. The molecule has 3 rings (SSSR count). The van der Waals surface area contributed by atoms with Gasteiger partial charge in [-0.05, 0) is 12.5 Å². The SMILES string of the molecule is Cc1cc(N2N=C(c3ccccc3)C[C@]2(O)C(F)(F)F)nc(N)n1. The maximum absolute atomic E-state index is 13.5. The quantitative estimate of drug-likeness (QED) is 0.877. The Balaban J connectivity index is 2.12. The number of aliphatic hydroxyl groups is 1. The first-order valence-electron chi connectivity index (χ1n) is 7.04. The molecule has 24 heavy (non-hydrogen) atoms. The van der Waals surface area contributed by atoms with E-state index in [-0.39, 0.29) is 17.5 Å². The van der Waals surface area contributed by atoms with Gasteiger partial charge in [0, 0.05) is 11.8 Å². The molecule has 1 aromatic carbocycles. The van der Waals surface area contributed by atoms with Crippen LogP contribution in [-0.2, 0) is 0 Å². The maximum Gasteiger partial charge on any atom is 0.438 e. The van der Waals surface area contributed by atoms with Gasteiger partial charge in [-0.15, -0.1) is 0 Å². The van der Waals surface area contributed by atoms with Gasteiger partial charge in [-0.2, -0.15) is 23.3 Å².